The highest BCUT2D eigenvalue weighted by Crippen LogP contribution is 2.27. The molecule has 0 bridgehead atoms. The fourth-order valence-corrected chi connectivity index (χ4v) is 2.27. The number of rotatable bonds is 6. The van der Waals surface area contributed by atoms with Crippen molar-refractivity contribution in [3.63, 3.8) is 0 Å². The molecule has 1 atom stereocenters. The number of nitrogen functional groups attached to an aromatic ring is 1. The monoisotopic (exact) mass is 269 g/mol. The molecule has 0 saturated carbocycles. The standard InChI is InChI=1S/C13H19NO3S/c1-3-17-13(16)10-4-5-12(11(14)6-10)18-8-9(2)7-15/h4-6,9,15H,3,7-8,14H2,1-2H3. The average molecular weight is 269 g/mol. The van der Waals surface area contributed by atoms with Crippen molar-refractivity contribution in [2.75, 3.05) is 24.7 Å². The Morgan fingerprint density at radius 3 is 2.83 bits per heavy atom. The van der Waals surface area contributed by atoms with Gasteiger partial charge in [0, 0.05) is 22.9 Å². The van der Waals surface area contributed by atoms with E-state index in [9.17, 15) is 4.79 Å². The number of benzene rings is 1. The fourth-order valence-electron chi connectivity index (χ4n) is 1.31. The first-order valence-corrected chi connectivity index (χ1v) is 6.87. The summed E-state index contributed by atoms with van der Waals surface area (Å²) >= 11 is 1.58. The number of aliphatic hydroxyl groups excluding tert-OH is 1. The van der Waals surface area contributed by atoms with Crippen molar-refractivity contribution in [2.45, 2.75) is 18.7 Å². The summed E-state index contributed by atoms with van der Waals surface area (Å²) < 4.78 is 4.90. The number of hydrogen-bond donors (Lipinski definition) is 2. The Bertz CT molecular complexity index is 409. The van der Waals surface area contributed by atoms with E-state index in [0.29, 0.717) is 17.9 Å². The van der Waals surface area contributed by atoms with Gasteiger partial charge in [0.1, 0.15) is 0 Å². The van der Waals surface area contributed by atoms with Crippen molar-refractivity contribution in [1.29, 1.82) is 0 Å². The molecule has 0 saturated heterocycles. The van der Waals surface area contributed by atoms with E-state index < -0.39 is 0 Å². The van der Waals surface area contributed by atoms with Gasteiger partial charge in [0.25, 0.3) is 0 Å². The van der Waals surface area contributed by atoms with Crippen LogP contribution in [-0.2, 0) is 4.74 Å². The first-order chi connectivity index (χ1) is 8.58. The van der Waals surface area contributed by atoms with Gasteiger partial charge < -0.3 is 15.6 Å². The minimum Gasteiger partial charge on any atom is -0.462 e. The van der Waals surface area contributed by atoms with Crippen LogP contribution in [0.25, 0.3) is 0 Å². The number of anilines is 1. The predicted octanol–water partition coefficient (Wildman–Crippen LogP) is 2.17. The van der Waals surface area contributed by atoms with Gasteiger partial charge in [0.05, 0.1) is 12.2 Å². The molecule has 0 heterocycles. The maximum absolute atomic E-state index is 11.5. The van der Waals surface area contributed by atoms with Crippen LogP contribution in [0.2, 0.25) is 0 Å². The van der Waals surface area contributed by atoms with Crippen LogP contribution in [0.4, 0.5) is 5.69 Å². The van der Waals surface area contributed by atoms with E-state index in [0.717, 1.165) is 10.6 Å². The Labute approximate surface area is 112 Å². The molecule has 0 spiro atoms. The van der Waals surface area contributed by atoms with Crippen molar-refractivity contribution >= 4 is 23.4 Å². The van der Waals surface area contributed by atoms with Gasteiger partial charge in [-0.25, -0.2) is 4.79 Å². The second-order valence-corrected chi connectivity index (χ2v) is 5.13. The molecule has 18 heavy (non-hydrogen) atoms. The molecule has 0 aliphatic rings. The number of esters is 1. The zero-order chi connectivity index (χ0) is 13.5. The molecule has 1 rings (SSSR count). The number of ether oxygens (including phenoxy) is 1. The Balaban J connectivity index is 2.70. The molecule has 0 aliphatic carbocycles. The molecule has 1 unspecified atom stereocenters. The molecule has 0 aromatic heterocycles. The summed E-state index contributed by atoms with van der Waals surface area (Å²) in [6, 6.07) is 5.15. The molecule has 100 valence electrons. The zero-order valence-corrected chi connectivity index (χ0v) is 11.5. The molecule has 0 aliphatic heterocycles. The van der Waals surface area contributed by atoms with Crippen LogP contribution in [0.5, 0.6) is 0 Å². The maximum Gasteiger partial charge on any atom is 0.338 e. The van der Waals surface area contributed by atoms with Crippen LogP contribution in [-0.4, -0.2) is 30.0 Å². The number of nitrogens with two attached hydrogens (primary N) is 1. The number of carbonyl (C=O) groups is 1. The molecule has 4 nitrogen and oxygen atoms in total. The van der Waals surface area contributed by atoms with E-state index in [1.807, 2.05) is 13.0 Å². The predicted molar refractivity (Wildman–Crippen MR) is 73.8 cm³/mol. The first kappa shape index (κ1) is 14.9. The first-order valence-electron chi connectivity index (χ1n) is 5.88. The van der Waals surface area contributed by atoms with Crippen LogP contribution in [0, 0.1) is 5.92 Å². The lowest BCUT2D eigenvalue weighted by Crippen LogP contribution is -2.06. The summed E-state index contributed by atoms with van der Waals surface area (Å²) in [4.78, 5) is 12.4. The second-order valence-electron chi connectivity index (χ2n) is 4.07. The van der Waals surface area contributed by atoms with E-state index >= 15 is 0 Å². The summed E-state index contributed by atoms with van der Waals surface area (Å²) in [7, 11) is 0. The summed E-state index contributed by atoms with van der Waals surface area (Å²) in [5.74, 6) is 0.656. The number of thioether (sulfide) groups is 1. The summed E-state index contributed by atoms with van der Waals surface area (Å²) in [6.45, 7) is 4.25. The van der Waals surface area contributed by atoms with Crippen LogP contribution >= 0.6 is 11.8 Å². The third-order valence-electron chi connectivity index (χ3n) is 2.36. The van der Waals surface area contributed by atoms with Gasteiger partial charge in [-0.1, -0.05) is 6.92 Å². The topological polar surface area (TPSA) is 72.5 Å². The Hall–Kier alpha value is -1.20. The number of aliphatic hydroxyl groups is 1. The second kappa shape index (κ2) is 7.28. The molecular weight excluding hydrogens is 250 g/mol. The van der Waals surface area contributed by atoms with Crippen molar-refractivity contribution in [2.24, 2.45) is 5.92 Å². The van der Waals surface area contributed by atoms with Gasteiger partial charge in [-0.3, -0.25) is 0 Å². The van der Waals surface area contributed by atoms with Crippen molar-refractivity contribution in [3.05, 3.63) is 23.8 Å². The van der Waals surface area contributed by atoms with E-state index in [2.05, 4.69) is 0 Å². The molecule has 0 radical (unpaired) electrons. The normalized spacial score (nSPS) is 12.2. The number of hydrogen-bond acceptors (Lipinski definition) is 5. The van der Waals surface area contributed by atoms with Crippen molar-refractivity contribution < 1.29 is 14.6 Å². The van der Waals surface area contributed by atoms with Gasteiger partial charge in [0.15, 0.2) is 0 Å². The lowest BCUT2D eigenvalue weighted by Gasteiger charge is -2.10. The lowest BCUT2D eigenvalue weighted by molar-refractivity contribution is 0.0526. The van der Waals surface area contributed by atoms with Crippen LogP contribution in [0.3, 0.4) is 0 Å². The molecular formula is C13H19NO3S. The highest BCUT2D eigenvalue weighted by molar-refractivity contribution is 7.99. The zero-order valence-electron chi connectivity index (χ0n) is 10.7. The lowest BCUT2D eigenvalue weighted by atomic mass is 10.2. The van der Waals surface area contributed by atoms with E-state index in [1.54, 1.807) is 30.8 Å². The molecule has 1 aromatic rings. The van der Waals surface area contributed by atoms with Gasteiger partial charge in [-0.2, -0.15) is 0 Å². The van der Waals surface area contributed by atoms with Crippen molar-refractivity contribution in [3.8, 4) is 0 Å². The van der Waals surface area contributed by atoms with E-state index in [1.165, 1.54) is 0 Å². The maximum atomic E-state index is 11.5. The van der Waals surface area contributed by atoms with Gasteiger partial charge >= 0.3 is 5.97 Å². The van der Waals surface area contributed by atoms with Gasteiger partial charge in [0.2, 0.25) is 0 Å². The molecule has 3 N–H and O–H groups in total. The van der Waals surface area contributed by atoms with Crippen LogP contribution in [0.1, 0.15) is 24.2 Å². The quantitative estimate of drug-likeness (QED) is 0.470. The fraction of sp³-hybridized carbons (Fsp3) is 0.462. The summed E-state index contributed by atoms with van der Waals surface area (Å²) in [5.41, 5.74) is 6.92. The smallest absolute Gasteiger partial charge is 0.338 e. The van der Waals surface area contributed by atoms with E-state index in [-0.39, 0.29) is 18.5 Å². The Morgan fingerprint density at radius 2 is 2.28 bits per heavy atom. The Kier molecular flexibility index (Phi) is 6.01. The van der Waals surface area contributed by atoms with E-state index in [4.69, 9.17) is 15.6 Å². The largest absolute Gasteiger partial charge is 0.462 e. The summed E-state index contributed by atoms with van der Waals surface area (Å²) in [6.07, 6.45) is 0. The van der Waals surface area contributed by atoms with Crippen molar-refractivity contribution in [1.82, 2.24) is 0 Å². The van der Waals surface area contributed by atoms with Gasteiger partial charge in [-0.05, 0) is 31.0 Å². The molecule has 5 heteroatoms. The van der Waals surface area contributed by atoms with Crippen LogP contribution < -0.4 is 5.73 Å². The highest BCUT2D eigenvalue weighted by Gasteiger charge is 2.10. The minimum absolute atomic E-state index is 0.161. The molecule has 1 aromatic carbocycles. The SMILES string of the molecule is CCOC(=O)c1ccc(SCC(C)CO)c(N)c1. The third-order valence-corrected chi connectivity index (χ3v) is 3.77. The van der Waals surface area contributed by atoms with Gasteiger partial charge in [-0.15, -0.1) is 11.8 Å². The minimum atomic E-state index is -0.357. The van der Waals surface area contributed by atoms with Crippen LogP contribution in [0.15, 0.2) is 23.1 Å². The Morgan fingerprint density at radius 1 is 1.56 bits per heavy atom. The summed E-state index contributed by atoms with van der Waals surface area (Å²) in [5, 5.41) is 8.95. The third kappa shape index (κ3) is 4.23. The molecule has 0 fully saturated rings. The average Bonchev–Trinajstić information content (AvgIpc) is 2.37. The number of carbonyl (C=O) groups excluding carboxylic acids is 1. The molecule has 0 amide bonds. The highest BCUT2D eigenvalue weighted by atomic mass is 32.2.